The molecule has 0 aliphatic rings. The molecule has 3 rings (SSSR count). The van der Waals surface area contributed by atoms with Crippen molar-refractivity contribution in [1.29, 1.82) is 0 Å². The molecule has 0 spiro atoms. The SMILES string of the molecule is COc1ccc(S(=O)(=O)N(CC(=O)N/N=C\c2ccc(N(C)C)cc2)Cc2ccccc2)cc1. The van der Waals surface area contributed by atoms with Gasteiger partial charge in [-0.1, -0.05) is 42.5 Å². The van der Waals surface area contributed by atoms with Gasteiger partial charge in [0.1, 0.15) is 5.75 Å². The first-order chi connectivity index (χ1) is 16.3. The van der Waals surface area contributed by atoms with Crippen LogP contribution in [-0.2, 0) is 21.4 Å². The smallest absolute Gasteiger partial charge is 0.255 e. The van der Waals surface area contributed by atoms with Gasteiger partial charge in [0.2, 0.25) is 10.0 Å². The van der Waals surface area contributed by atoms with Crippen LogP contribution in [0, 0.1) is 0 Å². The summed E-state index contributed by atoms with van der Waals surface area (Å²) in [4.78, 5) is 14.6. The summed E-state index contributed by atoms with van der Waals surface area (Å²) in [6.45, 7) is -0.349. The predicted molar refractivity (Wildman–Crippen MR) is 134 cm³/mol. The van der Waals surface area contributed by atoms with Gasteiger partial charge in [0, 0.05) is 26.3 Å². The third-order valence-electron chi connectivity index (χ3n) is 5.03. The molecule has 34 heavy (non-hydrogen) atoms. The van der Waals surface area contributed by atoms with Gasteiger partial charge in [0.15, 0.2) is 0 Å². The number of ether oxygens (including phenoxy) is 1. The van der Waals surface area contributed by atoms with Crippen molar-refractivity contribution in [2.24, 2.45) is 5.10 Å². The van der Waals surface area contributed by atoms with Gasteiger partial charge >= 0.3 is 0 Å². The minimum absolute atomic E-state index is 0.0400. The lowest BCUT2D eigenvalue weighted by Gasteiger charge is -2.21. The molecule has 178 valence electrons. The van der Waals surface area contributed by atoms with Crippen molar-refractivity contribution in [1.82, 2.24) is 9.73 Å². The van der Waals surface area contributed by atoms with E-state index in [0.717, 1.165) is 21.1 Å². The minimum atomic E-state index is -3.95. The van der Waals surface area contributed by atoms with Crippen molar-refractivity contribution < 1.29 is 17.9 Å². The number of amides is 1. The molecule has 0 heterocycles. The minimum Gasteiger partial charge on any atom is -0.497 e. The van der Waals surface area contributed by atoms with Gasteiger partial charge in [-0.2, -0.15) is 9.41 Å². The highest BCUT2D eigenvalue weighted by atomic mass is 32.2. The molecular formula is C25H28N4O4S. The Hall–Kier alpha value is -3.69. The number of carbonyl (C=O) groups excluding carboxylic acids is 1. The average Bonchev–Trinajstić information content (AvgIpc) is 2.84. The first kappa shape index (κ1) is 24.9. The van der Waals surface area contributed by atoms with Crippen molar-refractivity contribution in [2.45, 2.75) is 11.4 Å². The topological polar surface area (TPSA) is 91.3 Å². The van der Waals surface area contributed by atoms with Crippen molar-refractivity contribution in [2.75, 3.05) is 32.6 Å². The lowest BCUT2D eigenvalue weighted by Crippen LogP contribution is -2.39. The maximum Gasteiger partial charge on any atom is 0.255 e. The maximum atomic E-state index is 13.3. The quantitative estimate of drug-likeness (QED) is 0.356. The van der Waals surface area contributed by atoms with Gasteiger partial charge in [-0.15, -0.1) is 0 Å². The van der Waals surface area contributed by atoms with E-state index in [0.29, 0.717) is 5.75 Å². The summed E-state index contributed by atoms with van der Waals surface area (Å²) < 4.78 is 32.9. The van der Waals surface area contributed by atoms with E-state index in [4.69, 9.17) is 4.74 Å². The molecule has 0 aromatic heterocycles. The van der Waals surface area contributed by atoms with Crippen molar-refractivity contribution in [3.63, 3.8) is 0 Å². The van der Waals surface area contributed by atoms with Crippen LogP contribution < -0.4 is 15.1 Å². The second-order valence-electron chi connectivity index (χ2n) is 7.71. The van der Waals surface area contributed by atoms with Crippen molar-refractivity contribution in [3.05, 3.63) is 90.0 Å². The number of nitrogens with one attached hydrogen (secondary N) is 1. The van der Waals surface area contributed by atoms with Gasteiger partial charge < -0.3 is 9.64 Å². The van der Waals surface area contributed by atoms with E-state index >= 15 is 0 Å². The van der Waals surface area contributed by atoms with Crippen molar-refractivity contribution in [3.8, 4) is 5.75 Å². The van der Waals surface area contributed by atoms with Crippen LogP contribution in [0.2, 0.25) is 0 Å². The Bertz CT molecular complexity index is 1210. The molecule has 0 aliphatic heterocycles. The molecule has 0 atom stereocenters. The van der Waals surface area contributed by atoms with Crippen LogP contribution >= 0.6 is 0 Å². The number of anilines is 1. The first-order valence-electron chi connectivity index (χ1n) is 10.6. The van der Waals surface area contributed by atoms with Crippen LogP contribution in [0.3, 0.4) is 0 Å². The van der Waals surface area contributed by atoms with Crippen molar-refractivity contribution >= 4 is 27.8 Å². The van der Waals surface area contributed by atoms with Gasteiger partial charge in [0.05, 0.1) is 24.8 Å². The summed E-state index contributed by atoms with van der Waals surface area (Å²) in [7, 11) is 1.46. The van der Waals surface area contributed by atoms with E-state index in [2.05, 4.69) is 10.5 Å². The molecular weight excluding hydrogens is 452 g/mol. The summed E-state index contributed by atoms with van der Waals surface area (Å²) in [5.74, 6) is -0.00608. The van der Waals surface area contributed by atoms with Crippen LogP contribution in [0.25, 0.3) is 0 Å². The number of hydrazone groups is 1. The summed E-state index contributed by atoms with van der Waals surface area (Å²) in [6, 6.07) is 22.8. The van der Waals surface area contributed by atoms with Gasteiger partial charge in [-0.3, -0.25) is 4.79 Å². The van der Waals surface area contributed by atoms with E-state index < -0.39 is 15.9 Å². The predicted octanol–water partition coefficient (Wildman–Crippen LogP) is 3.10. The van der Waals surface area contributed by atoms with Gasteiger partial charge in [-0.25, -0.2) is 13.8 Å². The number of sulfonamides is 1. The molecule has 0 saturated heterocycles. The Labute approximate surface area is 200 Å². The van der Waals surface area contributed by atoms with Crippen LogP contribution in [0.1, 0.15) is 11.1 Å². The highest BCUT2D eigenvalue weighted by molar-refractivity contribution is 7.89. The Kier molecular flexibility index (Phi) is 8.39. The van der Waals surface area contributed by atoms with Crippen LogP contribution in [0.4, 0.5) is 5.69 Å². The standard InChI is InChI=1S/C25H28N4O4S/c1-28(2)22-11-9-20(10-12-22)17-26-27-25(30)19-29(18-21-7-5-4-6-8-21)34(31,32)24-15-13-23(33-3)14-16-24/h4-17H,18-19H2,1-3H3,(H,27,30)/b26-17-. The fourth-order valence-electron chi connectivity index (χ4n) is 3.14. The molecule has 0 unspecified atom stereocenters. The number of methoxy groups -OCH3 is 1. The van der Waals surface area contributed by atoms with Gasteiger partial charge in [0.25, 0.3) is 5.91 Å². The largest absolute Gasteiger partial charge is 0.497 e. The number of hydrogen-bond acceptors (Lipinski definition) is 6. The number of nitrogens with zero attached hydrogens (tertiary/aromatic N) is 3. The Morgan fingerprint density at radius 2 is 1.62 bits per heavy atom. The summed E-state index contributed by atoms with van der Waals surface area (Å²) >= 11 is 0. The average molecular weight is 481 g/mol. The molecule has 0 fully saturated rings. The summed E-state index contributed by atoms with van der Waals surface area (Å²) in [5, 5.41) is 3.98. The second kappa shape index (κ2) is 11.4. The fraction of sp³-hybridized carbons (Fsp3) is 0.200. The zero-order valence-corrected chi connectivity index (χ0v) is 20.2. The highest BCUT2D eigenvalue weighted by Crippen LogP contribution is 2.21. The molecule has 3 aromatic carbocycles. The normalized spacial score (nSPS) is 11.5. The van der Waals surface area contributed by atoms with E-state index in [1.807, 2.05) is 73.6 Å². The number of benzene rings is 3. The molecule has 0 saturated carbocycles. The zero-order valence-electron chi connectivity index (χ0n) is 19.4. The molecule has 0 bridgehead atoms. The molecule has 1 N–H and O–H groups in total. The lowest BCUT2D eigenvalue weighted by molar-refractivity contribution is -0.121. The van der Waals surface area contributed by atoms with E-state index in [9.17, 15) is 13.2 Å². The molecule has 9 heteroatoms. The third kappa shape index (κ3) is 6.66. The van der Waals surface area contributed by atoms with E-state index in [-0.39, 0.29) is 18.0 Å². The Balaban J connectivity index is 1.74. The fourth-order valence-corrected chi connectivity index (χ4v) is 4.53. The first-order valence-corrected chi connectivity index (χ1v) is 12.0. The third-order valence-corrected chi connectivity index (χ3v) is 6.84. The maximum absolute atomic E-state index is 13.3. The highest BCUT2D eigenvalue weighted by Gasteiger charge is 2.27. The number of hydrogen-bond donors (Lipinski definition) is 1. The monoisotopic (exact) mass is 480 g/mol. The summed E-state index contributed by atoms with van der Waals surface area (Å²) in [6.07, 6.45) is 1.51. The molecule has 3 aromatic rings. The van der Waals surface area contributed by atoms with Crippen LogP contribution in [0.5, 0.6) is 5.75 Å². The molecule has 8 nitrogen and oxygen atoms in total. The Morgan fingerprint density at radius 1 is 0.971 bits per heavy atom. The lowest BCUT2D eigenvalue weighted by atomic mass is 10.2. The van der Waals surface area contributed by atoms with Gasteiger partial charge in [-0.05, 0) is 47.5 Å². The van der Waals surface area contributed by atoms with E-state index in [1.165, 1.54) is 25.5 Å². The molecule has 1 amide bonds. The number of carbonyl (C=O) groups is 1. The zero-order chi connectivity index (χ0) is 24.6. The van der Waals surface area contributed by atoms with E-state index in [1.54, 1.807) is 12.1 Å². The second-order valence-corrected chi connectivity index (χ2v) is 9.65. The molecule has 0 aliphatic carbocycles. The summed E-state index contributed by atoms with van der Waals surface area (Å²) in [5.41, 5.74) is 5.03. The van der Waals surface area contributed by atoms with Crippen LogP contribution in [0.15, 0.2) is 88.9 Å². The Morgan fingerprint density at radius 3 is 2.21 bits per heavy atom. The molecule has 0 radical (unpaired) electrons. The van der Waals surface area contributed by atoms with Crippen LogP contribution in [-0.4, -0.2) is 52.6 Å². The number of rotatable bonds is 10.